The molecule has 0 radical (unpaired) electrons. The molecule has 0 saturated carbocycles. The van der Waals surface area contributed by atoms with Gasteiger partial charge in [0, 0.05) is 6.42 Å². The molecule has 1 heterocycles. The van der Waals surface area contributed by atoms with Gasteiger partial charge < -0.3 is 9.47 Å². The monoisotopic (exact) mass is 168 g/mol. The molecule has 3 atom stereocenters. The van der Waals surface area contributed by atoms with Crippen LogP contribution in [0.4, 0.5) is 0 Å². The lowest BCUT2D eigenvalue weighted by Crippen LogP contribution is -2.23. The van der Waals surface area contributed by atoms with Crippen LogP contribution in [-0.4, -0.2) is 24.9 Å². The van der Waals surface area contributed by atoms with Crippen LogP contribution in [0.25, 0.3) is 0 Å². The number of hydrogen-bond acceptors (Lipinski definition) is 2. The van der Waals surface area contributed by atoms with Gasteiger partial charge in [-0.3, -0.25) is 0 Å². The van der Waals surface area contributed by atoms with Crippen molar-refractivity contribution in [3.8, 4) is 12.3 Å². The van der Waals surface area contributed by atoms with E-state index in [1.54, 1.807) is 0 Å². The summed E-state index contributed by atoms with van der Waals surface area (Å²) in [6, 6.07) is 0. The highest BCUT2D eigenvalue weighted by Gasteiger charge is 2.31. The predicted octanol–water partition coefficient (Wildman–Crippen LogP) is 1.59. The summed E-state index contributed by atoms with van der Waals surface area (Å²) >= 11 is 0. The summed E-state index contributed by atoms with van der Waals surface area (Å²) in [7, 11) is 0. The lowest BCUT2D eigenvalue weighted by molar-refractivity contribution is -0.0112. The second-order valence-corrected chi connectivity index (χ2v) is 3.18. The van der Waals surface area contributed by atoms with Gasteiger partial charge in [0.05, 0.1) is 18.3 Å². The van der Waals surface area contributed by atoms with Crippen molar-refractivity contribution in [3.05, 3.63) is 0 Å². The first-order valence-corrected chi connectivity index (χ1v) is 4.48. The van der Waals surface area contributed by atoms with Crippen molar-refractivity contribution in [2.45, 2.75) is 45.0 Å². The van der Waals surface area contributed by atoms with E-state index in [9.17, 15) is 0 Å². The Morgan fingerprint density at radius 3 is 3.00 bits per heavy atom. The molecule has 1 unspecified atom stereocenters. The molecule has 0 N–H and O–H groups in total. The van der Waals surface area contributed by atoms with Gasteiger partial charge in [-0.25, -0.2) is 0 Å². The molecule has 12 heavy (non-hydrogen) atoms. The van der Waals surface area contributed by atoms with E-state index in [4.69, 9.17) is 15.9 Å². The SMILES string of the molecule is C#CCOC1C[C@H](C)O[C@@H]1CC. The van der Waals surface area contributed by atoms with E-state index in [1.807, 2.05) is 0 Å². The van der Waals surface area contributed by atoms with Gasteiger partial charge in [-0.05, 0) is 13.3 Å². The second-order valence-electron chi connectivity index (χ2n) is 3.18. The highest BCUT2D eigenvalue weighted by Crippen LogP contribution is 2.24. The van der Waals surface area contributed by atoms with Crippen LogP contribution in [0.5, 0.6) is 0 Å². The van der Waals surface area contributed by atoms with Gasteiger partial charge in [0.1, 0.15) is 6.61 Å². The quantitative estimate of drug-likeness (QED) is 0.596. The van der Waals surface area contributed by atoms with E-state index in [0.717, 1.165) is 12.8 Å². The highest BCUT2D eigenvalue weighted by molar-refractivity contribution is 4.86. The summed E-state index contributed by atoms with van der Waals surface area (Å²) in [5.74, 6) is 2.48. The van der Waals surface area contributed by atoms with Gasteiger partial charge in [-0.15, -0.1) is 6.42 Å². The number of rotatable bonds is 3. The minimum absolute atomic E-state index is 0.209. The fourth-order valence-corrected chi connectivity index (χ4v) is 1.61. The summed E-state index contributed by atoms with van der Waals surface area (Å²) < 4.78 is 11.1. The molecule has 0 aromatic carbocycles. The van der Waals surface area contributed by atoms with Crippen LogP contribution in [0.1, 0.15) is 26.7 Å². The Bertz CT molecular complexity index is 171. The molecule has 0 aromatic rings. The van der Waals surface area contributed by atoms with Crippen molar-refractivity contribution in [2.24, 2.45) is 0 Å². The van der Waals surface area contributed by atoms with Crippen molar-refractivity contribution < 1.29 is 9.47 Å². The summed E-state index contributed by atoms with van der Waals surface area (Å²) in [5.41, 5.74) is 0. The van der Waals surface area contributed by atoms with E-state index in [0.29, 0.717) is 12.7 Å². The van der Waals surface area contributed by atoms with E-state index in [2.05, 4.69) is 19.8 Å². The van der Waals surface area contributed by atoms with Crippen LogP contribution in [0.3, 0.4) is 0 Å². The Morgan fingerprint density at radius 1 is 1.67 bits per heavy atom. The first-order chi connectivity index (χ1) is 5.77. The molecule has 2 nitrogen and oxygen atoms in total. The number of ether oxygens (including phenoxy) is 2. The highest BCUT2D eigenvalue weighted by atomic mass is 16.6. The predicted molar refractivity (Wildman–Crippen MR) is 47.8 cm³/mol. The Hall–Kier alpha value is -0.520. The molecule has 1 aliphatic rings. The van der Waals surface area contributed by atoms with Crippen LogP contribution < -0.4 is 0 Å². The van der Waals surface area contributed by atoms with Crippen molar-refractivity contribution in [1.82, 2.24) is 0 Å². The number of hydrogen-bond donors (Lipinski definition) is 0. The van der Waals surface area contributed by atoms with Crippen molar-refractivity contribution >= 4 is 0 Å². The molecule has 0 bridgehead atoms. The molecular weight excluding hydrogens is 152 g/mol. The zero-order valence-corrected chi connectivity index (χ0v) is 7.75. The third-order valence-corrected chi connectivity index (χ3v) is 2.17. The number of terminal acetylenes is 1. The summed E-state index contributed by atoms with van der Waals surface area (Å²) in [4.78, 5) is 0. The van der Waals surface area contributed by atoms with E-state index in [1.165, 1.54) is 0 Å². The molecule has 1 saturated heterocycles. The minimum atomic E-state index is 0.209. The molecule has 0 spiro atoms. The summed E-state index contributed by atoms with van der Waals surface area (Å²) in [5, 5.41) is 0. The van der Waals surface area contributed by atoms with Crippen molar-refractivity contribution in [3.63, 3.8) is 0 Å². The van der Waals surface area contributed by atoms with Gasteiger partial charge in [0.25, 0.3) is 0 Å². The zero-order valence-electron chi connectivity index (χ0n) is 7.75. The van der Waals surface area contributed by atoms with Gasteiger partial charge >= 0.3 is 0 Å². The third-order valence-electron chi connectivity index (χ3n) is 2.17. The summed E-state index contributed by atoms with van der Waals surface area (Å²) in [6.45, 7) is 4.58. The molecule has 1 fully saturated rings. The first-order valence-electron chi connectivity index (χ1n) is 4.48. The van der Waals surface area contributed by atoms with E-state index in [-0.39, 0.29) is 12.2 Å². The fraction of sp³-hybridized carbons (Fsp3) is 0.800. The maximum absolute atomic E-state index is 5.63. The van der Waals surface area contributed by atoms with Gasteiger partial charge in [0.2, 0.25) is 0 Å². The fourth-order valence-electron chi connectivity index (χ4n) is 1.61. The third kappa shape index (κ3) is 2.23. The average molecular weight is 168 g/mol. The van der Waals surface area contributed by atoms with Gasteiger partial charge in [0.15, 0.2) is 0 Å². The Labute approximate surface area is 74.2 Å². The molecular formula is C10H16O2. The van der Waals surface area contributed by atoms with Crippen LogP contribution in [0.15, 0.2) is 0 Å². The lowest BCUT2D eigenvalue weighted by Gasteiger charge is -2.15. The van der Waals surface area contributed by atoms with Crippen LogP contribution in [0.2, 0.25) is 0 Å². The summed E-state index contributed by atoms with van der Waals surface area (Å²) in [6.07, 6.45) is 7.85. The standard InChI is InChI=1S/C10H16O2/c1-4-6-11-10-7-8(3)12-9(10)5-2/h1,8-10H,5-7H2,2-3H3/t8-,9+,10?/m0/s1. The first kappa shape index (κ1) is 9.57. The Balaban J connectivity index is 2.36. The van der Waals surface area contributed by atoms with Crippen LogP contribution in [-0.2, 0) is 9.47 Å². The van der Waals surface area contributed by atoms with Crippen molar-refractivity contribution in [2.75, 3.05) is 6.61 Å². The molecule has 0 aromatic heterocycles. The molecule has 1 aliphatic heterocycles. The zero-order chi connectivity index (χ0) is 8.97. The van der Waals surface area contributed by atoms with Gasteiger partial charge in [-0.2, -0.15) is 0 Å². The lowest BCUT2D eigenvalue weighted by atomic mass is 10.1. The normalized spacial score (nSPS) is 34.9. The largest absolute Gasteiger partial charge is 0.372 e. The molecule has 1 rings (SSSR count). The van der Waals surface area contributed by atoms with Gasteiger partial charge in [-0.1, -0.05) is 12.8 Å². The van der Waals surface area contributed by atoms with Crippen LogP contribution in [0, 0.1) is 12.3 Å². The second kappa shape index (κ2) is 4.49. The minimum Gasteiger partial charge on any atom is -0.372 e. The Morgan fingerprint density at radius 2 is 2.42 bits per heavy atom. The van der Waals surface area contributed by atoms with Crippen LogP contribution >= 0.6 is 0 Å². The molecule has 0 aliphatic carbocycles. The Kier molecular flexibility index (Phi) is 3.58. The van der Waals surface area contributed by atoms with E-state index >= 15 is 0 Å². The molecule has 2 heteroatoms. The molecule has 0 amide bonds. The topological polar surface area (TPSA) is 18.5 Å². The van der Waals surface area contributed by atoms with Crippen molar-refractivity contribution in [1.29, 1.82) is 0 Å². The smallest absolute Gasteiger partial charge is 0.107 e. The average Bonchev–Trinajstić information content (AvgIpc) is 2.42. The maximum atomic E-state index is 5.63. The maximum Gasteiger partial charge on any atom is 0.107 e. The molecule has 68 valence electrons. The van der Waals surface area contributed by atoms with E-state index < -0.39 is 0 Å².